The fourth-order valence-electron chi connectivity index (χ4n) is 2.03. The van der Waals surface area contributed by atoms with E-state index in [0.29, 0.717) is 0 Å². The van der Waals surface area contributed by atoms with E-state index in [1.54, 1.807) is 10.8 Å². The maximum absolute atomic E-state index is 14.0. The van der Waals surface area contributed by atoms with Gasteiger partial charge in [-0.2, -0.15) is 0 Å². The van der Waals surface area contributed by atoms with E-state index >= 15 is 0 Å². The molecule has 0 saturated heterocycles. The van der Waals surface area contributed by atoms with Gasteiger partial charge in [-0.25, -0.2) is 8.78 Å². The summed E-state index contributed by atoms with van der Waals surface area (Å²) in [7, 11) is 0. The number of hydrogen-bond acceptors (Lipinski definition) is 2. The maximum atomic E-state index is 14.0. The molecule has 0 radical (unpaired) electrons. The lowest BCUT2D eigenvalue weighted by atomic mass is 10.1. The van der Waals surface area contributed by atoms with Crippen LogP contribution in [0.25, 0.3) is 10.9 Å². The first-order valence-electron chi connectivity index (χ1n) is 5.38. The van der Waals surface area contributed by atoms with Crippen molar-refractivity contribution in [3.63, 3.8) is 0 Å². The Morgan fingerprint density at radius 3 is 2.71 bits per heavy atom. The molecule has 1 aromatic carbocycles. The third-order valence-electron chi connectivity index (χ3n) is 3.08. The Labute approximate surface area is 95.5 Å². The number of halogens is 2. The van der Waals surface area contributed by atoms with Crippen molar-refractivity contribution in [2.45, 2.75) is 18.9 Å². The molecule has 0 unspecified atom stereocenters. The van der Waals surface area contributed by atoms with Gasteiger partial charge in [0.05, 0.1) is 10.9 Å². The molecular weight excluding hydrogens is 226 g/mol. The van der Waals surface area contributed by atoms with Crippen LogP contribution in [0.4, 0.5) is 14.5 Å². The number of benzene rings is 1. The van der Waals surface area contributed by atoms with E-state index in [1.165, 1.54) is 6.07 Å². The first-order valence-corrected chi connectivity index (χ1v) is 5.38. The quantitative estimate of drug-likeness (QED) is 0.771. The summed E-state index contributed by atoms with van der Waals surface area (Å²) in [6, 6.07) is 2.53. The second-order valence-electron chi connectivity index (χ2n) is 4.30. The summed E-state index contributed by atoms with van der Waals surface area (Å²) in [5.74, 6) is -1.73. The molecule has 3 nitrogen and oxygen atoms in total. The zero-order valence-corrected chi connectivity index (χ0v) is 8.91. The average Bonchev–Trinajstić information content (AvgIpc) is 3.12. The Balaban J connectivity index is 2.49. The van der Waals surface area contributed by atoms with Crippen LogP contribution in [-0.4, -0.2) is 4.57 Å². The number of nitrogen functional groups attached to an aromatic ring is 1. The van der Waals surface area contributed by atoms with Gasteiger partial charge in [-0.3, -0.25) is 4.79 Å². The lowest BCUT2D eigenvalue weighted by Gasteiger charge is -2.11. The van der Waals surface area contributed by atoms with E-state index < -0.39 is 22.8 Å². The van der Waals surface area contributed by atoms with Gasteiger partial charge in [0, 0.05) is 18.3 Å². The first kappa shape index (κ1) is 10.3. The van der Waals surface area contributed by atoms with Crippen LogP contribution in [0.1, 0.15) is 18.9 Å². The largest absolute Gasteiger partial charge is 0.394 e. The van der Waals surface area contributed by atoms with Crippen molar-refractivity contribution in [1.29, 1.82) is 0 Å². The maximum Gasteiger partial charge on any atom is 0.189 e. The van der Waals surface area contributed by atoms with Crippen LogP contribution in [0.15, 0.2) is 23.1 Å². The van der Waals surface area contributed by atoms with Crippen LogP contribution < -0.4 is 11.2 Å². The van der Waals surface area contributed by atoms with Crippen molar-refractivity contribution >= 4 is 16.6 Å². The fraction of sp³-hybridized carbons (Fsp3) is 0.250. The molecule has 2 N–H and O–H groups in total. The van der Waals surface area contributed by atoms with Crippen molar-refractivity contribution < 1.29 is 8.78 Å². The standard InChI is InChI=1S/C12H10F2N2O/c13-8-5-7-9(17)3-4-16(6-1-2-6)12(7)10(14)11(8)15/h3-6H,1-2,15H2. The van der Waals surface area contributed by atoms with Crippen molar-refractivity contribution in [2.24, 2.45) is 0 Å². The fourth-order valence-corrected chi connectivity index (χ4v) is 2.03. The van der Waals surface area contributed by atoms with E-state index in [0.717, 1.165) is 18.9 Å². The summed E-state index contributed by atoms with van der Waals surface area (Å²) < 4.78 is 29.0. The number of hydrogen-bond donors (Lipinski definition) is 1. The minimum absolute atomic E-state index is 0.0450. The Hall–Kier alpha value is -1.91. The van der Waals surface area contributed by atoms with E-state index in [4.69, 9.17) is 5.73 Å². The molecule has 0 aliphatic heterocycles. The minimum Gasteiger partial charge on any atom is -0.394 e. The summed E-state index contributed by atoms with van der Waals surface area (Å²) in [5.41, 5.74) is 4.51. The molecule has 0 bridgehead atoms. The molecule has 0 amide bonds. The predicted molar refractivity (Wildman–Crippen MR) is 60.8 cm³/mol. The number of anilines is 1. The molecule has 5 heteroatoms. The van der Waals surface area contributed by atoms with Crippen LogP contribution in [0.2, 0.25) is 0 Å². The lowest BCUT2D eigenvalue weighted by Crippen LogP contribution is -2.11. The highest BCUT2D eigenvalue weighted by atomic mass is 19.1. The highest BCUT2D eigenvalue weighted by Crippen LogP contribution is 2.38. The molecule has 3 rings (SSSR count). The molecule has 17 heavy (non-hydrogen) atoms. The van der Waals surface area contributed by atoms with Gasteiger partial charge >= 0.3 is 0 Å². The Kier molecular flexibility index (Phi) is 1.98. The van der Waals surface area contributed by atoms with Crippen molar-refractivity contribution in [2.75, 3.05) is 5.73 Å². The van der Waals surface area contributed by atoms with Gasteiger partial charge in [-0.05, 0) is 18.9 Å². The van der Waals surface area contributed by atoms with Gasteiger partial charge in [-0.1, -0.05) is 0 Å². The Morgan fingerprint density at radius 1 is 1.35 bits per heavy atom. The summed E-state index contributed by atoms with van der Waals surface area (Å²) in [6.45, 7) is 0. The monoisotopic (exact) mass is 236 g/mol. The molecule has 1 aromatic heterocycles. The summed E-state index contributed by atoms with van der Waals surface area (Å²) in [5, 5.41) is 0.0450. The highest BCUT2D eigenvalue weighted by molar-refractivity contribution is 5.83. The van der Waals surface area contributed by atoms with Crippen molar-refractivity contribution in [3.8, 4) is 0 Å². The van der Waals surface area contributed by atoms with Gasteiger partial charge in [-0.15, -0.1) is 0 Å². The molecular formula is C12H10F2N2O. The number of pyridine rings is 1. The van der Waals surface area contributed by atoms with E-state index in [9.17, 15) is 13.6 Å². The number of nitrogens with two attached hydrogens (primary N) is 1. The number of fused-ring (bicyclic) bond motifs is 1. The van der Waals surface area contributed by atoms with Crippen LogP contribution in [-0.2, 0) is 0 Å². The minimum atomic E-state index is -0.888. The van der Waals surface area contributed by atoms with Crippen molar-refractivity contribution in [1.82, 2.24) is 4.57 Å². The molecule has 1 saturated carbocycles. The highest BCUT2D eigenvalue weighted by Gasteiger charge is 2.26. The molecule has 2 aromatic rings. The second kappa shape index (κ2) is 3.29. The summed E-state index contributed by atoms with van der Waals surface area (Å²) in [4.78, 5) is 11.6. The summed E-state index contributed by atoms with van der Waals surface area (Å²) >= 11 is 0. The van der Waals surface area contributed by atoms with Crippen molar-refractivity contribution in [3.05, 3.63) is 40.2 Å². The van der Waals surface area contributed by atoms with E-state index in [1.807, 2.05) is 0 Å². The Bertz CT molecular complexity index is 674. The lowest BCUT2D eigenvalue weighted by molar-refractivity contribution is 0.591. The van der Waals surface area contributed by atoms with Gasteiger partial charge < -0.3 is 10.3 Å². The smallest absolute Gasteiger partial charge is 0.189 e. The topological polar surface area (TPSA) is 48.0 Å². The van der Waals surface area contributed by atoms with Crippen LogP contribution in [0, 0.1) is 11.6 Å². The normalized spacial score (nSPS) is 15.4. The summed E-state index contributed by atoms with van der Waals surface area (Å²) in [6.07, 6.45) is 3.42. The molecule has 0 atom stereocenters. The van der Waals surface area contributed by atoms with E-state index in [2.05, 4.69) is 0 Å². The predicted octanol–water partition coefficient (Wildman–Crippen LogP) is 2.20. The van der Waals surface area contributed by atoms with Crippen LogP contribution in [0.3, 0.4) is 0 Å². The molecule has 0 spiro atoms. The Morgan fingerprint density at radius 2 is 2.06 bits per heavy atom. The molecule has 1 heterocycles. The third kappa shape index (κ3) is 1.42. The van der Waals surface area contributed by atoms with Gasteiger partial charge in [0.25, 0.3) is 0 Å². The van der Waals surface area contributed by atoms with Crippen LogP contribution >= 0.6 is 0 Å². The molecule has 1 aliphatic rings. The van der Waals surface area contributed by atoms with Gasteiger partial charge in [0.1, 0.15) is 11.5 Å². The van der Waals surface area contributed by atoms with Gasteiger partial charge in [0.15, 0.2) is 11.2 Å². The zero-order chi connectivity index (χ0) is 12.2. The number of nitrogens with zero attached hydrogens (tertiary/aromatic N) is 1. The zero-order valence-electron chi connectivity index (χ0n) is 8.91. The second-order valence-corrected chi connectivity index (χ2v) is 4.30. The molecule has 1 aliphatic carbocycles. The molecule has 1 fully saturated rings. The van der Waals surface area contributed by atoms with E-state index in [-0.39, 0.29) is 16.9 Å². The van der Waals surface area contributed by atoms with Crippen LogP contribution in [0.5, 0.6) is 0 Å². The third-order valence-corrected chi connectivity index (χ3v) is 3.08. The molecule has 88 valence electrons. The number of rotatable bonds is 1. The first-order chi connectivity index (χ1) is 8.09. The average molecular weight is 236 g/mol. The SMILES string of the molecule is Nc1c(F)cc2c(=O)ccn(C3CC3)c2c1F. The van der Waals surface area contributed by atoms with Gasteiger partial charge in [0.2, 0.25) is 0 Å². The number of aromatic nitrogens is 1.